The standard InChI is InChI=1S/C13H19NO3/c1-2-3-4-9-16-11-5-7-12(8-6-11)17-10-13(14)15/h5-8H,2-4,9-10H2,1H3,(H2,14,15). The molecule has 4 nitrogen and oxygen atoms in total. The predicted octanol–water partition coefficient (Wildman–Crippen LogP) is 2.12. The summed E-state index contributed by atoms with van der Waals surface area (Å²) in [6, 6.07) is 7.17. The van der Waals surface area contributed by atoms with Crippen LogP contribution in [0, 0.1) is 0 Å². The number of hydrogen-bond acceptors (Lipinski definition) is 3. The van der Waals surface area contributed by atoms with Crippen LogP contribution < -0.4 is 15.2 Å². The van der Waals surface area contributed by atoms with Gasteiger partial charge in [0.05, 0.1) is 6.61 Å². The van der Waals surface area contributed by atoms with Crippen LogP contribution >= 0.6 is 0 Å². The lowest BCUT2D eigenvalue weighted by atomic mass is 10.3. The Morgan fingerprint density at radius 3 is 2.24 bits per heavy atom. The minimum absolute atomic E-state index is 0.100. The highest BCUT2D eigenvalue weighted by molar-refractivity contribution is 5.75. The van der Waals surface area contributed by atoms with Gasteiger partial charge in [0.1, 0.15) is 11.5 Å². The van der Waals surface area contributed by atoms with E-state index in [1.807, 2.05) is 12.1 Å². The maximum Gasteiger partial charge on any atom is 0.255 e. The van der Waals surface area contributed by atoms with Crippen molar-refractivity contribution in [2.45, 2.75) is 26.2 Å². The fourth-order valence-corrected chi connectivity index (χ4v) is 1.33. The van der Waals surface area contributed by atoms with Crippen LogP contribution in [0.25, 0.3) is 0 Å². The van der Waals surface area contributed by atoms with Crippen LogP contribution in [0.4, 0.5) is 0 Å². The molecule has 0 fully saturated rings. The fourth-order valence-electron chi connectivity index (χ4n) is 1.33. The zero-order chi connectivity index (χ0) is 12.5. The van der Waals surface area contributed by atoms with Crippen LogP contribution in [0.15, 0.2) is 24.3 Å². The highest BCUT2D eigenvalue weighted by atomic mass is 16.5. The van der Waals surface area contributed by atoms with Gasteiger partial charge in [-0.2, -0.15) is 0 Å². The van der Waals surface area contributed by atoms with Crippen molar-refractivity contribution < 1.29 is 14.3 Å². The van der Waals surface area contributed by atoms with E-state index < -0.39 is 5.91 Å². The maximum atomic E-state index is 10.5. The zero-order valence-corrected chi connectivity index (χ0v) is 10.1. The molecule has 0 bridgehead atoms. The Hall–Kier alpha value is -1.71. The van der Waals surface area contributed by atoms with Gasteiger partial charge in [0, 0.05) is 0 Å². The monoisotopic (exact) mass is 237 g/mol. The number of rotatable bonds is 8. The Bertz CT molecular complexity index is 335. The summed E-state index contributed by atoms with van der Waals surface area (Å²) in [6.07, 6.45) is 3.43. The van der Waals surface area contributed by atoms with Gasteiger partial charge < -0.3 is 15.2 Å². The number of unbranched alkanes of at least 4 members (excludes halogenated alkanes) is 2. The third-order valence-corrected chi connectivity index (χ3v) is 2.22. The molecular weight excluding hydrogens is 218 g/mol. The van der Waals surface area contributed by atoms with Crippen molar-refractivity contribution in [2.75, 3.05) is 13.2 Å². The summed E-state index contributed by atoms with van der Waals surface area (Å²) in [4.78, 5) is 10.5. The van der Waals surface area contributed by atoms with Gasteiger partial charge in [-0.1, -0.05) is 19.8 Å². The van der Waals surface area contributed by atoms with E-state index in [1.54, 1.807) is 12.1 Å². The molecule has 17 heavy (non-hydrogen) atoms. The van der Waals surface area contributed by atoms with Crippen molar-refractivity contribution in [3.63, 3.8) is 0 Å². The summed E-state index contributed by atoms with van der Waals surface area (Å²) in [5, 5.41) is 0. The van der Waals surface area contributed by atoms with Crippen LogP contribution in [-0.2, 0) is 4.79 Å². The smallest absolute Gasteiger partial charge is 0.255 e. The van der Waals surface area contributed by atoms with E-state index in [9.17, 15) is 4.79 Å². The Morgan fingerprint density at radius 2 is 1.71 bits per heavy atom. The first kappa shape index (κ1) is 13.4. The van der Waals surface area contributed by atoms with Crippen molar-refractivity contribution in [1.29, 1.82) is 0 Å². The number of amides is 1. The lowest BCUT2D eigenvalue weighted by Gasteiger charge is -2.07. The van der Waals surface area contributed by atoms with Crippen molar-refractivity contribution in [1.82, 2.24) is 0 Å². The minimum Gasteiger partial charge on any atom is -0.494 e. The largest absolute Gasteiger partial charge is 0.494 e. The summed E-state index contributed by atoms with van der Waals surface area (Å²) in [5.74, 6) is 0.946. The molecule has 1 aromatic rings. The maximum absolute atomic E-state index is 10.5. The summed E-state index contributed by atoms with van der Waals surface area (Å²) in [5.41, 5.74) is 4.98. The SMILES string of the molecule is CCCCCOc1ccc(OCC(N)=O)cc1. The highest BCUT2D eigenvalue weighted by Gasteiger charge is 1.98. The summed E-state index contributed by atoms with van der Waals surface area (Å²) in [7, 11) is 0. The number of hydrogen-bond donors (Lipinski definition) is 1. The van der Waals surface area contributed by atoms with Gasteiger partial charge in [0.15, 0.2) is 6.61 Å². The highest BCUT2D eigenvalue weighted by Crippen LogP contribution is 2.17. The molecule has 0 saturated heterocycles. The van der Waals surface area contributed by atoms with Gasteiger partial charge in [0.2, 0.25) is 0 Å². The van der Waals surface area contributed by atoms with Gasteiger partial charge in [-0.15, -0.1) is 0 Å². The van der Waals surface area contributed by atoms with Gasteiger partial charge in [0.25, 0.3) is 5.91 Å². The third kappa shape index (κ3) is 5.80. The van der Waals surface area contributed by atoms with E-state index in [1.165, 1.54) is 12.8 Å². The van der Waals surface area contributed by atoms with E-state index in [4.69, 9.17) is 15.2 Å². The molecule has 0 spiro atoms. The van der Waals surface area contributed by atoms with E-state index in [-0.39, 0.29) is 6.61 Å². The Labute approximate surface area is 102 Å². The molecule has 0 aliphatic heterocycles. The predicted molar refractivity (Wildman–Crippen MR) is 66.2 cm³/mol. The second-order valence-corrected chi connectivity index (χ2v) is 3.78. The van der Waals surface area contributed by atoms with Crippen LogP contribution in [0.2, 0.25) is 0 Å². The van der Waals surface area contributed by atoms with E-state index in [2.05, 4.69) is 6.92 Å². The molecule has 0 saturated carbocycles. The lowest BCUT2D eigenvalue weighted by Crippen LogP contribution is -2.19. The van der Waals surface area contributed by atoms with Crippen LogP contribution in [0.5, 0.6) is 11.5 Å². The molecule has 94 valence electrons. The van der Waals surface area contributed by atoms with Crippen molar-refractivity contribution >= 4 is 5.91 Å². The Kier molecular flexibility index (Phi) is 5.93. The Balaban J connectivity index is 2.31. The number of carbonyl (C=O) groups is 1. The number of carbonyl (C=O) groups excluding carboxylic acids is 1. The summed E-state index contributed by atoms with van der Waals surface area (Å²) >= 11 is 0. The molecule has 1 aromatic carbocycles. The summed E-state index contributed by atoms with van der Waals surface area (Å²) < 4.78 is 10.7. The average molecular weight is 237 g/mol. The van der Waals surface area contributed by atoms with Crippen molar-refractivity contribution in [3.05, 3.63) is 24.3 Å². The topological polar surface area (TPSA) is 61.6 Å². The van der Waals surface area contributed by atoms with E-state index >= 15 is 0 Å². The summed E-state index contributed by atoms with van der Waals surface area (Å²) in [6.45, 7) is 2.79. The van der Waals surface area contributed by atoms with Crippen LogP contribution in [0.3, 0.4) is 0 Å². The molecular formula is C13H19NO3. The Morgan fingerprint density at radius 1 is 1.12 bits per heavy atom. The van der Waals surface area contributed by atoms with Gasteiger partial charge in [-0.05, 0) is 30.7 Å². The van der Waals surface area contributed by atoms with Crippen LogP contribution in [0.1, 0.15) is 26.2 Å². The number of ether oxygens (including phenoxy) is 2. The molecule has 1 amide bonds. The van der Waals surface area contributed by atoms with Crippen molar-refractivity contribution in [2.24, 2.45) is 5.73 Å². The van der Waals surface area contributed by atoms with Crippen LogP contribution in [-0.4, -0.2) is 19.1 Å². The molecule has 0 aromatic heterocycles. The fraction of sp³-hybridized carbons (Fsp3) is 0.462. The number of nitrogens with two attached hydrogens (primary N) is 1. The minimum atomic E-state index is -0.482. The zero-order valence-electron chi connectivity index (χ0n) is 10.1. The first-order valence-electron chi connectivity index (χ1n) is 5.86. The molecule has 2 N–H and O–H groups in total. The normalized spacial score (nSPS) is 9.94. The second kappa shape index (κ2) is 7.54. The molecule has 1 rings (SSSR count). The first-order chi connectivity index (χ1) is 8.22. The first-order valence-corrected chi connectivity index (χ1v) is 5.86. The van der Waals surface area contributed by atoms with E-state index in [0.717, 1.165) is 18.8 Å². The average Bonchev–Trinajstić information content (AvgIpc) is 2.33. The van der Waals surface area contributed by atoms with E-state index in [0.29, 0.717) is 5.75 Å². The lowest BCUT2D eigenvalue weighted by molar-refractivity contribution is -0.119. The number of primary amides is 1. The second-order valence-electron chi connectivity index (χ2n) is 3.78. The van der Waals surface area contributed by atoms with Gasteiger partial charge >= 0.3 is 0 Å². The number of benzene rings is 1. The van der Waals surface area contributed by atoms with Crippen molar-refractivity contribution in [3.8, 4) is 11.5 Å². The molecule has 4 heteroatoms. The molecule has 0 aliphatic carbocycles. The molecule has 0 radical (unpaired) electrons. The quantitative estimate of drug-likeness (QED) is 0.704. The third-order valence-electron chi connectivity index (χ3n) is 2.22. The molecule has 0 atom stereocenters. The van der Waals surface area contributed by atoms with Gasteiger partial charge in [-0.25, -0.2) is 0 Å². The van der Waals surface area contributed by atoms with Gasteiger partial charge in [-0.3, -0.25) is 4.79 Å². The molecule has 0 heterocycles. The molecule has 0 unspecified atom stereocenters. The molecule has 0 aliphatic rings.